The summed E-state index contributed by atoms with van der Waals surface area (Å²) in [5.74, 6) is 1.03. The van der Waals surface area contributed by atoms with Crippen molar-refractivity contribution in [2.45, 2.75) is 12.8 Å². The summed E-state index contributed by atoms with van der Waals surface area (Å²) in [6.45, 7) is 0. The highest BCUT2D eigenvalue weighted by molar-refractivity contribution is 7.98. The molecule has 0 aliphatic carbocycles. The van der Waals surface area contributed by atoms with Crippen LogP contribution in [0.1, 0.15) is 16.9 Å². The maximum Gasteiger partial charge on any atom is 0.232 e. The highest BCUT2D eigenvalue weighted by Crippen LogP contribution is 2.39. The number of carbonyl (C=O) groups is 1. The van der Waals surface area contributed by atoms with Crippen LogP contribution in [-0.4, -0.2) is 49.6 Å². The van der Waals surface area contributed by atoms with Crippen molar-refractivity contribution in [1.82, 2.24) is 14.5 Å². The lowest BCUT2D eigenvalue weighted by Crippen LogP contribution is -2.14. The molecule has 0 amide bonds. The predicted molar refractivity (Wildman–Crippen MR) is 108 cm³/mol. The average molecular weight is 412 g/mol. The van der Waals surface area contributed by atoms with Gasteiger partial charge in [0.1, 0.15) is 21.2 Å². The van der Waals surface area contributed by atoms with E-state index in [1.54, 1.807) is 28.1 Å². The molecule has 9 heteroatoms. The van der Waals surface area contributed by atoms with E-state index in [0.717, 1.165) is 11.9 Å². The Balaban J connectivity index is 2.11. The van der Waals surface area contributed by atoms with Crippen LogP contribution < -0.4 is 0 Å². The Morgan fingerprint density at radius 3 is 2.77 bits per heavy atom. The SMILES string of the molecule is CSCCC(=O)n1c(CCSC)c(O)c2nc(-c3cncc(F)c3)sc21. The van der Waals surface area contributed by atoms with E-state index in [-0.39, 0.29) is 11.7 Å². The van der Waals surface area contributed by atoms with Crippen LogP contribution in [0.2, 0.25) is 0 Å². The fourth-order valence-corrected chi connectivity index (χ4v) is 4.50. The van der Waals surface area contributed by atoms with Crippen LogP contribution in [0.5, 0.6) is 5.75 Å². The van der Waals surface area contributed by atoms with Crippen molar-refractivity contribution in [2.75, 3.05) is 24.0 Å². The Bertz CT molecular complexity index is 939. The first kappa shape index (κ1) is 19.2. The number of hydrogen-bond acceptors (Lipinski definition) is 7. The number of fused-ring (bicyclic) bond motifs is 1. The number of aromatic hydroxyl groups is 1. The lowest BCUT2D eigenvalue weighted by molar-refractivity contribution is 0.0912. The zero-order valence-electron chi connectivity index (χ0n) is 14.4. The van der Waals surface area contributed by atoms with Gasteiger partial charge < -0.3 is 5.11 Å². The third-order valence-electron chi connectivity index (χ3n) is 3.84. The van der Waals surface area contributed by atoms with E-state index in [4.69, 9.17) is 0 Å². The molecule has 3 heterocycles. The summed E-state index contributed by atoms with van der Waals surface area (Å²) in [4.78, 5) is 21.6. The number of thioether (sulfide) groups is 2. The standard InChI is InChI=1S/C17H18FN3O2S3/c1-24-5-3-12-15(23)14-17(21(12)13(22)4-6-25-2)26-16(20-14)10-7-11(18)9-19-8-10/h7-9,23H,3-6H2,1-2H3. The summed E-state index contributed by atoms with van der Waals surface area (Å²) in [6, 6.07) is 1.34. The van der Waals surface area contributed by atoms with Crippen molar-refractivity contribution in [3.05, 3.63) is 30.0 Å². The van der Waals surface area contributed by atoms with Crippen molar-refractivity contribution in [1.29, 1.82) is 0 Å². The van der Waals surface area contributed by atoms with Gasteiger partial charge in [-0.25, -0.2) is 9.37 Å². The Labute approximate surface area is 163 Å². The van der Waals surface area contributed by atoms with Crippen LogP contribution in [0.3, 0.4) is 0 Å². The van der Waals surface area contributed by atoms with E-state index >= 15 is 0 Å². The molecule has 0 bridgehead atoms. The number of hydrogen-bond donors (Lipinski definition) is 1. The first-order valence-corrected chi connectivity index (χ1v) is 11.5. The zero-order valence-corrected chi connectivity index (χ0v) is 16.8. The van der Waals surface area contributed by atoms with Gasteiger partial charge >= 0.3 is 0 Å². The lowest BCUT2D eigenvalue weighted by Gasteiger charge is -2.08. The smallest absolute Gasteiger partial charge is 0.232 e. The molecule has 0 aliphatic heterocycles. The van der Waals surface area contributed by atoms with E-state index in [1.807, 2.05) is 12.5 Å². The molecule has 0 radical (unpaired) electrons. The topological polar surface area (TPSA) is 68.0 Å². The van der Waals surface area contributed by atoms with E-state index in [2.05, 4.69) is 9.97 Å². The first-order valence-electron chi connectivity index (χ1n) is 7.92. The molecule has 0 unspecified atom stereocenters. The zero-order chi connectivity index (χ0) is 18.7. The van der Waals surface area contributed by atoms with E-state index < -0.39 is 5.82 Å². The second-order valence-electron chi connectivity index (χ2n) is 5.57. The molecule has 0 spiro atoms. The van der Waals surface area contributed by atoms with Crippen LogP contribution in [-0.2, 0) is 6.42 Å². The van der Waals surface area contributed by atoms with Gasteiger partial charge in [-0.15, -0.1) is 0 Å². The van der Waals surface area contributed by atoms with Crippen molar-refractivity contribution >= 4 is 51.1 Å². The molecule has 3 rings (SSSR count). The predicted octanol–water partition coefficient (Wildman–Crippen LogP) is 4.30. The summed E-state index contributed by atoms with van der Waals surface area (Å²) >= 11 is 4.52. The molecule has 3 aromatic rings. The van der Waals surface area contributed by atoms with Gasteiger partial charge in [-0.1, -0.05) is 11.3 Å². The van der Waals surface area contributed by atoms with Gasteiger partial charge in [-0.3, -0.25) is 14.3 Å². The van der Waals surface area contributed by atoms with Crippen LogP contribution in [0.4, 0.5) is 4.39 Å². The molecule has 26 heavy (non-hydrogen) atoms. The number of carbonyl (C=O) groups excluding carboxylic acids is 1. The molecule has 0 saturated carbocycles. The maximum absolute atomic E-state index is 13.5. The van der Waals surface area contributed by atoms with Gasteiger partial charge in [0, 0.05) is 30.4 Å². The fraction of sp³-hybridized carbons (Fsp3) is 0.353. The molecular formula is C17H18FN3O2S3. The fourth-order valence-electron chi connectivity index (χ4n) is 2.63. The Kier molecular flexibility index (Phi) is 6.20. The number of pyridine rings is 1. The second kappa shape index (κ2) is 8.41. The molecule has 5 nitrogen and oxygen atoms in total. The van der Waals surface area contributed by atoms with Crippen LogP contribution in [0.15, 0.2) is 18.5 Å². The Hall–Kier alpha value is -1.58. The van der Waals surface area contributed by atoms with Gasteiger partial charge in [0.25, 0.3) is 0 Å². The number of rotatable bonds is 7. The number of halogens is 1. The molecule has 0 atom stereocenters. The van der Waals surface area contributed by atoms with Crippen molar-refractivity contribution in [3.8, 4) is 16.3 Å². The van der Waals surface area contributed by atoms with Gasteiger partial charge in [-0.2, -0.15) is 23.5 Å². The first-order chi connectivity index (χ1) is 12.6. The molecule has 138 valence electrons. The third-order valence-corrected chi connectivity index (χ3v) is 6.16. The monoisotopic (exact) mass is 411 g/mol. The van der Waals surface area contributed by atoms with E-state index in [0.29, 0.717) is 45.2 Å². The van der Waals surface area contributed by atoms with Crippen molar-refractivity contribution in [2.24, 2.45) is 0 Å². The van der Waals surface area contributed by atoms with Gasteiger partial charge in [0.05, 0.1) is 11.9 Å². The minimum absolute atomic E-state index is 0.0402. The Morgan fingerprint density at radius 2 is 2.08 bits per heavy atom. The van der Waals surface area contributed by atoms with Crippen LogP contribution in [0, 0.1) is 5.82 Å². The molecule has 0 fully saturated rings. The molecular weight excluding hydrogens is 393 g/mol. The quantitative estimate of drug-likeness (QED) is 0.625. The normalized spacial score (nSPS) is 11.3. The van der Waals surface area contributed by atoms with Gasteiger partial charge in [-0.05, 0) is 24.3 Å². The maximum atomic E-state index is 13.5. The third kappa shape index (κ3) is 3.74. The van der Waals surface area contributed by atoms with Crippen molar-refractivity contribution < 1.29 is 14.3 Å². The van der Waals surface area contributed by atoms with Gasteiger partial charge in [0.2, 0.25) is 5.91 Å². The van der Waals surface area contributed by atoms with Crippen molar-refractivity contribution in [3.63, 3.8) is 0 Å². The molecule has 0 saturated heterocycles. The minimum atomic E-state index is -0.453. The summed E-state index contributed by atoms with van der Waals surface area (Å²) in [5, 5.41) is 11.2. The summed E-state index contributed by atoms with van der Waals surface area (Å²) in [5.41, 5.74) is 1.52. The largest absolute Gasteiger partial charge is 0.504 e. The summed E-state index contributed by atoms with van der Waals surface area (Å²) < 4.78 is 15.1. The molecule has 1 N–H and O–H groups in total. The Morgan fingerprint density at radius 1 is 1.31 bits per heavy atom. The molecule has 0 aromatic carbocycles. The van der Waals surface area contributed by atoms with Gasteiger partial charge in [0.15, 0.2) is 5.75 Å². The van der Waals surface area contributed by atoms with E-state index in [1.165, 1.54) is 23.6 Å². The van der Waals surface area contributed by atoms with E-state index in [9.17, 15) is 14.3 Å². The average Bonchev–Trinajstić information content (AvgIpc) is 3.16. The van der Waals surface area contributed by atoms with Crippen LogP contribution >= 0.6 is 34.9 Å². The molecule has 3 aromatic heterocycles. The number of thiazole rings is 1. The second-order valence-corrected chi connectivity index (χ2v) is 8.52. The van der Waals surface area contributed by atoms with Crippen LogP contribution in [0.25, 0.3) is 20.9 Å². The minimum Gasteiger partial charge on any atom is -0.504 e. The number of aromatic nitrogens is 3. The molecule has 0 aliphatic rings. The lowest BCUT2D eigenvalue weighted by atomic mass is 10.3. The highest BCUT2D eigenvalue weighted by Gasteiger charge is 2.25. The number of nitrogens with zero attached hydrogens (tertiary/aromatic N) is 3. The summed E-state index contributed by atoms with van der Waals surface area (Å²) in [7, 11) is 0. The summed E-state index contributed by atoms with van der Waals surface area (Å²) in [6.07, 6.45) is 7.54. The highest BCUT2D eigenvalue weighted by atomic mass is 32.2.